The van der Waals surface area contributed by atoms with Gasteiger partial charge in [0.25, 0.3) is 0 Å². The third-order valence-corrected chi connectivity index (χ3v) is 2.62. The molecule has 0 amide bonds. The van der Waals surface area contributed by atoms with Gasteiger partial charge in [0.1, 0.15) is 13.2 Å². The molecule has 3 rings (SSSR count). The number of rotatable bonds is 1. The first-order valence-corrected chi connectivity index (χ1v) is 5.43. The van der Waals surface area contributed by atoms with E-state index >= 15 is 0 Å². The topological polar surface area (TPSA) is 73.6 Å². The summed E-state index contributed by atoms with van der Waals surface area (Å²) in [6.07, 6.45) is 0.285. The molecule has 92 valence electrons. The number of aromatic nitrogens is 2. The molecule has 0 saturated heterocycles. The van der Waals surface area contributed by atoms with Crippen molar-refractivity contribution in [1.82, 2.24) is 9.78 Å². The van der Waals surface area contributed by atoms with Gasteiger partial charge in [-0.1, -0.05) is 0 Å². The number of ether oxygens (including phenoxy) is 2. The molecular formula is C12H10N2O4. The minimum absolute atomic E-state index is 0.514. The van der Waals surface area contributed by atoms with Crippen LogP contribution in [0.4, 0.5) is 4.79 Å². The molecule has 6 heteroatoms. The molecule has 18 heavy (non-hydrogen) atoms. The molecule has 1 aliphatic heterocycles. The number of carbonyl (C=O) groups is 1. The third kappa shape index (κ3) is 1.77. The van der Waals surface area contributed by atoms with E-state index in [1.165, 1.54) is 6.20 Å². The highest BCUT2D eigenvalue weighted by atomic mass is 16.6. The molecule has 6 nitrogen and oxygen atoms in total. The van der Waals surface area contributed by atoms with E-state index in [0.29, 0.717) is 30.4 Å². The van der Waals surface area contributed by atoms with Gasteiger partial charge in [-0.15, -0.1) is 0 Å². The predicted octanol–water partition coefficient (Wildman–Crippen LogP) is 1.85. The van der Waals surface area contributed by atoms with Gasteiger partial charge in [-0.25, -0.2) is 4.79 Å². The third-order valence-electron chi connectivity index (χ3n) is 2.62. The van der Waals surface area contributed by atoms with E-state index in [1.54, 1.807) is 18.2 Å². The quantitative estimate of drug-likeness (QED) is 0.831. The van der Waals surface area contributed by atoms with Crippen LogP contribution in [0, 0.1) is 0 Å². The first kappa shape index (κ1) is 10.6. The van der Waals surface area contributed by atoms with Crippen LogP contribution in [-0.4, -0.2) is 34.2 Å². The largest absolute Gasteiger partial charge is 0.486 e. The van der Waals surface area contributed by atoms with Gasteiger partial charge < -0.3 is 14.6 Å². The standard InChI is InChI=1S/C12H10N2O4/c15-12(16)14-4-3-9(13-14)8-1-2-10-11(7-8)18-6-5-17-10/h1-4,7H,5-6H2,(H,15,16). The Morgan fingerprint density at radius 1 is 1.22 bits per heavy atom. The summed E-state index contributed by atoms with van der Waals surface area (Å²) < 4.78 is 11.7. The van der Waals surface area contributed by atoms with E-state index in [1.807, 2.05) is 6.07 Å². The molecule has 0 spiro atoms. The molecule has 0 atom stereocenters. The Morgan fingerprint density at radius 2 is 2.00 bits per heavy atom. The highest BCUT2D eigenvalue weighted by Crippen LogP contribution is 2.33. The van der Waals surface area contributed by atoms with Crippen LogP contribution in [0.1, 0.15) is 0 Å². The fourth-order valence-corrected chi connectivity index (χ4v) is 1.79. The van der Waals surface area contributed by atoms with Gasteiger partial charge in [0.05, 0.1) is 5.69 Å². The molecule has 1 aliphatic rings. The summed E-state index contributed by atoms with van der Waals surface area (Å²) in [6.45, 7) is 1.06. The second kappa shape index (κ2) is 4.06. The van der Waals surface area contributed by atoms with Crippen molar-refractivity contribution in [2.24, 2.45) is 0 Å². The van der Waals surface area contributed by atoms with Crippen LogP contribution in [0.25, 0.3) is 11.3 Å². The lowest BCUT2D eigenvalue weighted by Crippen LogP contribution is -2.15. The molecule has 1 aromatic carbocycles. The highest BCUT2D eigenvalue weighted by Gasteiger charge is 2.14. The fraction of sp³-hybridized carbons (Fsp3) is 0.167. The van der Waals surface area contributed by atoms with Crippen molar-refractivity contribution in [3.63, 3.8) is 0 Å². The number of benzene rings is 1. The average molecular weight is 246 g/mol. The molecule has 1 N–H and O–H groups in total. The second-order valence-electron chi connectivity index (χ2n) is 3.79. The second-order valence-corrected chi connectivity index (χ2v) is 3.79. The van der Waals surface area contributed by atoms with E-state index < -0.39 is 6.09 Å². The Hall–Kier alpha value is -2.50. The molecule has 1 aromatic heterocycles. The van der Waals surface area contributed by atoms with Gasteiger partial charge in [0, 0.05) is 11.8 Å². The fourth-order valence-electron chi connectivity index (χ4n) is 1.79. The van der Waals surface area contributed by atoms with E-state index in [0.717, 1.165) is 10.2 Å². The maximum Gasteiger partial charge on any atom is 0.432 e. The number of hydrogen-bond donors (Lipinski definition) is 1. The van der Waals surface area contributed by atoms with Gasteiger partial charge in [-0.3, -0.25) is 0 Å². The maximum absolute atomic E-state index is 10.7. The van der Waals surface area contributed by atoms with Gasteiger partial charge in [-0.05, 0) is 24.3 Å². The first-order chi connectivity index (χ1) is 8.74. The predicted molar refractivity (Wildman–Crippen MR) is 62.1 cm³/mol. The average Bonchev–Trinajstić information content (AvgIpc) is 2.88. The van der Waals surface area contributed by atoms with Crippen LogP contribution in [0.3, 0.4) is 0 Å². The monoisotopic (exact) mass is 246 g/mol. The van der Waals surface area contributed by atoms with E-state index in [4.69, 9.17) is 14.6 Å². The Balaban J connectivity index is 1.98. The van der Waals surface area contributed by atoms with Crippen LogP contribution in [0.5, 0.6) is 11.5 Å². The molecule has 0 fully saturated rings. The van der Waals surface area contributed by atoms with Crippen LogP contribution in [0.15, 0.2) is 30.5 Å². The van der Waals surface area contributed by atoms with Crippen molar-refractivity contribution in [3.05, 3.63) is 30.5 Å². The van der Waals surface area contributed by atoms with Gasteiger partial charge >= 0.3 is 6.09 Å². The van der Waals surface area contributed by atoms with E-state index in [2.05, 4.69) is 5.10 Å². The zero-order valence-corrected chi connectivity index (χ0v) is 9.37. The summed E-state index contributed by atoms with van der Waals surface area (Å²) in [4.78, 5) is 10.7. The van der Waals surface area contributed by atoms with Gasteiger partial charge in [0.15, 0.2) is 11.5 Å². The Kier molecular flexibility index (Phi) is 2.40. The zero-order valence-electron chi connectivity index (χ0n) is 9.37. The summed E-state index contributed by atoms with van der Waals surface area (Å²) >= 11 is 0. The van der Waals surface area contributed by atoms with Crippen molar-refractivity contribution >= 4 is 6.09 Å². The molecular weight excluding hydrogens is 236 g/mol. The smallest absolute Gasteiger partial charge is 0.432 e. The molecule has 0 bridgehead atoms. The molecule has 0 aliphatic carbocycles. The summed E-state index contributed by atoms with van der Waals surface area (Å²) in [7, 11) is 0. The Labute approximate surface area is 102 Å². The Morgan fingerprint density at radius 3 is 2.72 bits per heavy atom. The normalized spacial score (nSPS) is 13.3. The molecule has 0 saturated carbocycles. The van der Waals surface area contributed by atoms with Crippen molar-refractivity contribution in [2.45, 2.75) is 0 Å². The van der Waals surface area contributed by atoms with Gasteiger partial charge in [0.2, 0.25) is 0 Å². The van der Waals surface area contributed by atoms with E-state index in [-0.39, 0.29) is 0 Å². The molecule has 0 unspecified atom stereocenters. The van der Waals surface area contributed by atoms with Crippen molar-refractivity contribution in [1.29, 1.82) is 0 Å². The van der Waals surface area contributed by atoms with Gasteiger partial charge in [-0.2, -0.15) is 9.78 Å². The summed E-state index contributed by atoms with van der Waals surface area (Å²) in [5, 5.41) is 12.7. The SMILES string of the molecule is O=C(O)n1ccc(-c2ccc3c(c2)OCCO3)n1. The van der Waals surface area contributed by atoms with Crippen molar-refractivity contribution < 1.29 is 19.4 Å². The lowest BCUT2D eigenvalue weighted by Gasteiger charge is -2.18. The minimum atomic E-state index is -1.11. The first-order valence-electron chi connectivity index (χ1n) is 5.43. The lowest BCUT2D eigenvalue weighted by molar-refractivity contribution is 0.171. The lowest BCUT2D eigenvalue weighted by atomic mass is 10.1. The number of fused-ring (bicyclic) bond motifs is 1. The Bertz CT molecular complexity index is 606. The van der Waals surface area contributed by atoms with Crippen LogP contribution in [0.2, 0.25) is 0 Å². The van der Waals surface area contributed by atoms with Crippen LogP contribution < -0.4 is 9.47 Å². The number of nitrogens with zero attached hydrogens (tertiary/aromatic N) is 2. The van der Waals surface area contributed by atoms with Crippen molar-refractivity contribution in [3.8, 4) is 22.8 Å². The highest BCUT2D eigenvalue weighted by molar-refractivity contribution is 5.70. The molecule has 2 aromatic rings. The van der Waals surface area contributed by atoms with Crippen LogP contribution in [-0.2, 0) is 0 Å². The molecule has 0 radical (unpaired) electrons. The van der Waals surface area contributed by atoms with Crippen LogP contribution >= 0.6 is 0 Å². The maximum atomic E-state index is 10.7. The number of hydrogen-bond acceptors (Lipinski definition) is 4. The van der Waals surface area contributed by atoms with Crippen molar-refractivity contribution in [2.75, 3.05) is 13.2 Å². The summed E-state index contributed by atoms with van der Waals surface area (Å²) in [5.74, 6) is 1.35. The summed E-state index contributed by atoms with van der Waals surface area (Å²) in [5.41, 5.74) is 1.37. The summed E-state index contributed by atoms with van der Waals surface area (Å²) in [6, 6.07) is 7.05. The zero-order chi connectivity index (χ0) is 12.5. The molecule has 2 heterocycles. The minimum Gasteiger partial charge on any atom is -0.486 e. The van der Waals surface area contributed by atoms with E-state index in [9.17, 15) is 4.79 Å². The number of carboxylic acid groups (broad SMARTS) is 1.